The van der Waals surface area contributed by atoms with Crippen molar-refractivity contribution in [2.24, 2.45) is 5.73 Å². The number of nitrogens with one attached hydrogen (secondary N) is 1. The topological polar surface area (TPSA) is 75.3 Å². The van der Waals surface area contributed by atoms with Gasteiger partial charge in [0.1, 0.15) is 6.04 Å². The van der Waals surface area contributed by atoms with E-state index in [2.05, 4.69) is 41.2 Å². The molecule has 0 aliphatic carbocycles. The van der Waals surface area contributed by atoms with Gasteiger partial charge < -0.3 is 16.2 Å². The van der Waals surface area contributed by atoms with Crippen LogP contribution in [0.2, 0.25) is 0 Å². The number of hydrogen-bond donors (Lipinski definition) is 3. The first kappa shape index (κ1) is 16.1. The second-order valence-corrected chi connectivity index (χ2v) is 6.13. The van der Waals surface area contributed by atoms with Crippen LogP contribution >= 0.6 is 15.9 Å². The van der Waals surface area contributed by atoms with E-state index in [1.54, 1.807) is 0 Å². The number of aliphatic carboxylic acids is 1. The molecule has 0 heterocycles. The van der Waals surface area contributed by atoms with E-state index in [9.17, 15) is 4.79 Å². The molecule has 1 unspecified atom stereocenters. The third kappa shape index (κ3) is 4.93. The molecule has 0 radical (unpaired) electrons. The van der Waals surface area contributed by atoms with Crippen molar-refractivity contribution in [1.29, 1.82) is 0 Å². The average Bonchev–Trinajstić information content (AvgIpc) is 2.34. The first-order valence-corrected chi connectivity index (χ1v) is 7.08. The van der Waals surface area contributed by atoms with Gasteiger partial charge in [-0.15, -0.1) is 0 Å². The lowest BCUT2D eigenvalue weighted by Crippen LogP contribution is -2.38. The lowest BCUT2D eigenvalue weighted by atomic mass is 9.84. The van der Waals surface area contributed by atoms with Gasteiger partial charge in [-0.3, -0.25) is 4.79 Å². The highest BCUT2D eigenvalue weighted by Gasteiger charge is 2.22. The van der Waals surface area contributed by atoms with Crippen molar-refractivity contribution >= 4 is 21.9 Å². The molecule has 1 rings (SSSR count). The van der Waals surface area contributed by atoms with Crippen LogP contribution in [0.5, 0.6) is 0 Å². The van der Waals surface area contributed by atoms with E-state index in [0.717, 1.165) is 11.0 Å². The van der Waals surface area contributed by atoms with Crippen LogP contribution in [0.15, 0.2) is 28.7 Å². The third-order valence-corrected chi connectivity index (χ3v) is 3.81. The van der Waals surface area contributed by atoms with Crippen molar-refractivity contribution in [2.75, 3.05) is 13.1 Å². The average molecular weight is 329 g/mol. The van der Waals surface area contributed by atoms with Crippen LogP contribution in [-0.4, -0.2) is 30.2 Å². The van der Waals surface area contributed by atoms with Gasteiger partial charge in [0.15, 0.2) is 0 Å². The minimum Gasteiger partial charge on any atom is -0.480 e. The van der Waals surface area contributed by atoms with E-state index >= 15 is 0 Å². The SMILES string of the molecule is CC(C)(CNCCC(N)C(=O)O)c1ccccc1Br. The van der Waals surface area contributed by atoms with Crippen LogP contribution in [0, 0.1) is 0 Å². The maximum Gasteiger partial charge on any atom is 0.320 e. The minimum absolute atomic E-state index is 0.0343. The summed E-state index contributed by atoms with van der Waals surface area (Å²) in [7, 11) is 0. The first-order valence-electron chi connectivity index (χ1n) is 6.28. The van der Waals surface area contributed by atoms with Gasteiger partial charge in [0.25, 0.3) is 0 Å². The molecule has 0 aromatic heterocycles. The standard InChI is InChI=1S/C14H21BrN2O2/c1-14(2,10-5-3-4-6-11(10)15)9-17-8-7-12(16)13(18)19/h3-6,12,17H,7-9,16H2,1-2H3,(H,18,19). The van der Waals surface area contributed by atoms with Crippen LogP contribution in [-0.2, 0) is 10.2 Å². The Bertz CT molecular complexity index is 435. The Hall–Kier alpha value is -0.910. The minimum atomic E-state index is -0.952. The monoisotopic (exact) mass is 328 g/mol. The maximum atomic E-state index is 10.6. The molecule has 0 saturated carbocycles. The largest absolute Gasteiger partial charge is 0.480 e. The zero-order chi connectivity index (χ0) is 14.5. The van der Waals surface area contributed by atoms with Crippen molar-refractivity contribution in [3.8, 4) is 0 Å². The molecule has 5 heteroatoms. The zero-order valence-electron chi connectivity index (χ0n) is 11.3. The zero-order valence-corrected chi connectivity index (χ0v) is 12.9. The van der Waals surface area contributed by atoms with E-state index in [0.29, 0.717) is 13.0 Å². The smallest absolute Gasteiger partial charge is 0.320 e. The third-order valence-electron chi connectivity index (χ3n) is 3.12. The molecule has 0 spiro atoms. The molecule has 0 aliphatic rings. The van der Waals surface area contributed by atoms with Crippen molar-refractivity contribution in [2.45, 2.75) is 31.7 Å². The molecule has 0 aliphatic heterocycles. The number of hydrogen-bond acceptors (Lipinski definition) is 3. The van der Waals surface area contributed by atoms with Crippen molar-refractivity contribution < 1.29 is 9.90 Å². The molecule has 0 saturated heterocycles. The summed E-state index contributed by atoms with van der Waals surface area (Å²) in [5, 5.41) is 12.0. The van der Waals surface area contributed by atoms with E-state index < -0.39 is 12.0 Å². The molecular formula is C14H21BrN2O2. The number of benzene rings is 1. The number of halogens is 1. The van der Waals surface area contributed by atoms with Crippen LogP contribution in [0.25, 0.3) is 0 Å². The van der Waals surface area contributed by atoms with Crippen molar-refractivity contribution in [3.05, 3.63) is 34.3 Å². The second-order valence-electron chi connectivity index (χ2n) is 5.27. The second kappa shape index (κ2) is 7.03. The fraction of sp³-hybridized carbons (Fsp3) is 0.500. The molecule has 19 heavy (non-hydrogen) atoms. The Balaban J connectivity index is 2.48. The quantitative estimate of drug-likeness (QED) is 0.670. The van der Waals surface area contributed by atoms with Crippen LogP contribution in [0.3, 0.4) is 0 Å². The molecule has 4 nitrogen and oxygen atoms in total. The Morgan fingerprint density at radius 3 is 2.68 bits per heavy atom. The Morgan fingerprint density at radius 1 is 1.47 bits per heavy atom. The van der Waals surface area contributed by atoms with Crippen LogP contribution in [0.1, 0.15) is 25.8 Å². The summed E-state index contributed by atoms with van der Waals surface area (Å²) in [6.07, 6.45) is 0.432. The Labute approximate surface area is 122 Å². The summed E-state index contributed by atoms with van der Waals surface area (Å²) in [6, 6.07) is 7.33. The van der Waals surface area contributed by atoms with Crippen molar-refractivity contribution in [1.82, 2.24) is 5.32 Å². The van der Waals surface area contributed by atoms with Gasteiger partial charge in [-0.2, -0.15) is 0 Å². The lowest BCUT2D eigenvalue weighted by Gasteiger charge is -2.27. The molecule has 0 amide bonds. The van der Waals surface area contributed by atoms with E-state index in [1.807, 2.05) is 18.2 Å². The van der Waals surface area contributed by atoms with Gasteiger partial charge in [0.2, 0.25) is 0 Å². The van der Waals surface area contributed by atoms with Crippen molar-refractivity contribution in [3.63, 3.8) is 0 Å². The van der Waals surface area contributed by atoms with Crippen LogP contribution < -0.4 is 11.1 Å². The summed E-state index contributed by atoms with van der Waals surface area (Å²) in [4.78, 5) is 10.6. The summed E-state index contributed by atoms with van der Waals surface area (Å²) in [5.74, 6) is -0.952. The van der Waals surface area contributed by atoms with E-state index in [-0.39, 0.29) is 5.41 Å². The van der Waals surface area contributed by atoms with Gasteiger partial charge in [-0.25, -0.2) is 0 Å². The van der Waals surface area contributed by atoms with E-state index in [1.165, 1.54) is 5.56 Å². The highest BCUT2D eigenvalue weighted by atomic mass is 79.9. The summed E-state index contributed by atoms with van der Waals surface area (Å²) in [5.41, 5.74) is 6.65. The first-order chi connectivity index (χ1) is 8.84. The Morgan fingerprint density at radius 2 is 2.11 bits per heavy atom. The Kier molecular flexibility index (Phi) is 5.97. The molecule has 0 bridgehead atoms. The molecule has 106 valence electrons. The summed E-state index contributed by atoms with van der Waals surface area (Å²) < 4.78 is 1.09. The summed E-state index contributed by atoms with van der Waals surface area (Å²) >= 11 is 3.56. The molecule has 0 fully saturated rings. The lowest BCUT2D eigenvalue weighted by molar-refractivity contribution is -0.138. The van der Waals surface area contributed by atoms with E-state index in [4.69, 9.17) is 10.8 Å². The maximum absolute atomic E-state index is 10.6. The normalized spacial score (nSPS) is 13.3. The van der Waals surface area contributed by atoms with Gasteiger partial charge in [0, 0.05) is 16.4 Å². The highest BCUT2D eigenvalue weighted by molar-refractivity contribution is 9.10. The van der Waals surface area contributed by atoms with Crippen LogP contribution in [0.4, 0.5) is 0 Å². The van der Waals surface area contributed by atoms with Gasteiger partial charge in [0.05, 0.1) is 0 Å². The number of carbonyl (C=O) groups is 1. The molecule has 4 N–H and O–H groups in total. The summed E-state index contributed by atoms with van der Waals surface area (Å²) in [6.45, 7) is 5.66. The molecule has 1 atom stereocenters. The number of nitrogens with two attached hydrogens (primary N) is 1. The number of carboxylic acids is 1. The predicted molar refractivity (Wildman–Crippen MR) is 80.3 cm³/mol. The highest BCUT2D eigenvalue weighted by Crippen LogP contribution is 2.29. The number of carboxylic acid groups (broad SMARTS) is 1. The molecule has 1 aromatic carbocycles. The molecular weight excluding hydrogens is 308 g/mol. The molecule has 1 aromatic rings. The number of rotatable bonds is 7. The fourth-order valence-electron chi connectivity index (χ4n) is 1.89. The fourth-order valence-corrected chi connectivity index (χ4v) is 2.71. The van der Waals surface area contributed by atoms with Gasteiger partial charge >= 0.3 is 5.97 Å². The predicted octanol–water partition coefficient (Wildman–Crippen LogP) is 2.12. The van der Waals surface area contributed by atoms with Gasteiger partial charge in [-0.1, -0.05) is 48.0 Å². The van der Waals surface area contributed by atoms with Gasteiger partial charge in [-0.05, 0) is 24.6 Å².